The van der Waals surface area contributed by atoms with Crippen LogP contribution in [0, 0.1) is 11.8 Å². The number of nitrogens with zero attached hydrogens (tertiary/aromatic N) is 1. The van der Waals surface area contributed by atoms with Gasteiger partial charge in [0.1, 0.15) is 0 Å². The van der Waals surface area contributed by atoms with Gasteiger partial charge in [0, 0.05) is 25.6 Å². The van der Waals surface area contributed by atoms with E-state index in [4.69, 9.17) is 0 Å². The van der Waals surface area contributed by atoms with Crippen molar-refractivity contribution in [2.75, 3.05) is 26.2 Å². The predicted octanol–water partition coefficient (Wildman–Crippen LogP) is 1.33. The Bertz CT molecular complexity index is 693. The minimum atomic E-state index is -3.39. The maximum atomic E-state index is 12.6. The third kappa shape index (κ3) is 4.22. The van der Waals surface area contributed by atoms with Gasteiger partial charge in [-0.3, -0.25) is 4.79 Å². The lowest BCUT2D eigenvalue weighted by molar-refractivity contribution is -0.126. The van der Waals surface area contributed by atoms with Crippen LogP contribution in [-0.2, 0) is 21.4 Å². The van der Waals surface area contributed by atoms with Crippen molar-refractivity contribution in [1.29, 1.82) is 0 Å². The maximum Gasteiger partial charge on any atom is 0.243 e. The Kier molecular flexibility index (Phi) is 5.76. The summed E-state index contributed by atoms with van der Waals surface area (Å²) in [6, 6.07) is 6.86. The van der Waals surface area contributed by atoms with Crippen LogP contribution in [0.5, 0.6) is 0 Å². The van der Waals surface area contributed by atoms with Gasteiger partial charge in [0.15, 0.2) is 0 Å². The molecular formula is C18H27N3O3S. The SMILES string of the molecule is CC(C(=O)NCc1ccc(S(=O)(=O)N2CCCCC2)cc1)C1CNC1. The Morgan fingerprint density at radius 2 is 1.84 bits per heavy atom. The fraction of sp³-hybridized carbons (Fsp3) is 0.611. The van der Waals surface area contributed by atoms with Crippen LogP contribution < -0.4 is 10.6 Å². The molecule has 6 nitrogen and oxygen atoms in total. The Hall–Kier alpha value is -1.44. The first-order valence-electron chi connectivity index (χ1n) is 9.06. The van der Waals surface area contributed by atoms with Gasteiger partial charge in [0.05, 0.1) is 4.90 Å². The van der Waals surface area contributed by atoms with Gasteiger partial charge in [-0.15, -0.1) is 0 Å². The van der Waals surface area contributed by atoms with Gasteiger partial charge in [-0.1, -0.05) is 25.5 Å². The molecule has 0 aliphatic carbocycles. The van der Waals surface area contributed by atoms with Crippen LogP contribution in [0.25, 0.3) is 0 Å². The van der Waals surface area contributed by atoms with Crippen molar-refractivity contribution in [3.8, 4) is 0 Å². The molecule has 1 aromatic rings. The van der Waals surface area contributed by atoms with Crippen LogP contribution >= 0.6 is 0 Å². The van der Waals surface area contributed by atoms with Gasteiger partial charge < -0.3 is 10.6 Å². The van der Waals surface area contributed by atoms with Gasteiger partial charge >= 0.3 is 0 Å². The molecule has 1 amide bonds. The second-order valence-electron chi connectivity index (χ2n) is 7.03. The monoisotopic (exact) mass is 365 g/mol. The summed E-state index contributed by atoms with van der Waals surface area (Å²) in [5.74, 6) is 0.466. The number of hydrogen-bond donors (Lipinski definition) is 2. The maximum absolute atomic E-state index is 12.6. The molecule has 0 radical (unpaired) electrons. The van der Waals surface area contributed by atoms with Gasteiger partial charge in [-0.25, -0.2) is 8.42 Å². The Morgan fingerprint density at radius 3 is 2.40 bits per heavy atom. The molecule has 138 valence electrons. The molecule has 1 atom stereocenters. The topological polar surface area (TPSA) is 78.5 Å². The lowest BCUT2D eigenvalue weighted by Crippen LogP contribution is -2.49. The molecule has 0 aromatic heterocycles. The molecule has 0 bridgehead atoms. The van der Waals surface area contributed by atoms with Crippen molar-refractivity contribution in [1.82, 2.24) is 14.9 Å². The van der Waals surface area contributed by atoms with E-state index in [1.54, 1.807) is 28.6 Å². The van der Waals surface area contributed by atoms with Gasteiger partial charge in [0.25, 0.3) is 0 Å². The lowest BCUT2D eigenvalue weighted by Gasteiger charge is -2.31. The second-order valence-corrected chi connectivity index (χ2v) is 8.97. The van der Waals surface area contributed by atoms with Crippen LogP contribution in [0.4, 0.5) is 0 Å². The number of sulfonamides is 1. The van der Waals surface area contributed by atoms with Crippen LogP contribution in [0.15, 0.2) is 29.2 Å². The van der Waals surface area contributed by atoms with Crippen molar-refractivity contribution in [3.05, 3.63) is 29.8 Å². The molecule has 2 N–H and O–H groups in total. The van der Waals surface area contributed by atoms with E-state index in [0.717, 1.165) is 37.9 Å². The average molecular weight is 365 g/mol. The van der Waals surface area contributed by atoms with E-state index in [9.17, 15) is 13.2 Å². The third-order valence-electron chi connectivity index (χ3n) is 5.28. The molecule has 2 fully saturated rings. The highest BCUT2D eigenvalue weighted by molar-refractivity contribution is 7.89. The normalized spacial score (nSPS) is 20.7. The van der Waals surface area contributed by atoms with Gasteiger partial charge in [-0.05, 0) is 49.5 Å². The van der Waals surface area contributed by atoms with Crippen LogP contribution in [0.3, 0.4) is 0 Å². The number of rotatable bonds is 6. The first-order chi connectivity index (χ1) is 12.0. The quantitative estimate of drug-likeness (QED) is 0.797. The summed E-state index contributed by atoms with van der Waals surface area (Å²) in [6.07, 6.45) is 2.95. The highest BCUT2D eigenvalue weighted by Crippen LogP contribution is 2.21. The zero-order valence-electron chi connectivity index (χ0n) is 14.7. The van der Waals surface area contributed by atoms with E-state index in [1.165, 1.54) is 0 Å². The summed E-state index contributed by atoms with van der Waals surface area (Å²) in [5, 5.41) is 6.12. The fourth-order valence-electron chi connectivity index (χ4n) is 3.26. The van der Waals surface area contributed by atoms with E-state index < -0.39 is 10.0 Å². The van der Waals surface area contributed by atoms with Crippen molar-refractivity contribution in [2.24, 2.45) is 11.8 Å². The fourth-order valence-corrected chi connectivity index (χ4v) is 4.78. The number of amides is 1. The molecule has 2 aliphatic heterocycles. The zero-order valence-corrected chi connectivity index (χ0v) is 15.5. The molecular weight excluding hydrogens is 338 g/mol. The lowest BCUT2D eigenvalue weighted by atomic mass is 9.88. The summed E-state index contributed by atoms with van der Waals surface area (Å²) in [6.45, 7) is 5.39. The van der Waals surface area contributed by atoms with E-state index in [-0.39, 0.29) is 11.8 Å². The first-order valence-corrected chi connectivity index (χ1v) is 10.5. The minimum absolute atomic E-state index is 0.00000232. The summed E-state index contributed by atoms with van der Waals surface area (Å²) in [7, 11) is -3.39. The Morgan fingerprint density at radius 1 is 1.20 bits per heavy atom. The minimum Gasteiger partial charge on any atom is -0.352 e. The van der Waals surface area contributed by atoms with Crippen LogP contribution in [-0.4, -0.2) is 44.8 Å². The summed E-state index contributed by atoms with van der Waals surface area (Å²) in [4.78, 5) is 12.5. The summed E-state index contributed by atoms with van der Waals surface area (Å²) < 4.78 is 26.8. The summed E-state index contributed by atoms with van der Waals surface area (Å²) in [5.41, 5.74) is 0.907. The van der Waals surface area contributed by atoms with E-state index in [1.807, 2.05) is 6.92 Å². The van der Waals surface area contributed by atoms with Crippen LogP contribution in [0.2, 0.25) is 0 Å². The Balaban J connectivity index is 1.57. The number of hydrogen-bond acceptors (Lipinski definition) is 4. The average Bonchev–Trinajstić information content (AvgIpc) is 2.59. The van der Waals surface area contributed by atoms with Crippen molar-refractivity contribution < 1.29 is 13.2 Å². The number of nitrogens with one attached hydrogen (secondary N) is 2. The van der Waals surface area contributed by atoms with Crippen molar-refractivity contribution in [2.45, 2.75) is 37.6 Å². The largest absolute Gasteiger partial charge is 0.352 e. The molecule has 2 saturated heterocycles. The molecule has 0 spiro atoms. The van der Waals surface area contributed by atoms with E-state index in [2.05, 4.69) is 10.6 Å². The zero-order chi connectivity index (χ0) is 17.9. The molecule has 25 heavy (non-hydrogen) atoms. The predicted molar refractivity (Wildman–Crippen MR) is 96.4 cm³/mol. The number of carbonyl (C=O) groups is 1. The standard InChI is InChI=1S/C18H27N3O3S/c1-14(16-12-19-13-16)18(22)20-11-15-5-7-17(8-6-15)25(23,24)21-9-3-2-4-10-21/h5-8,14,16,19H,2-4,9-13H2,1H3,(H,20,22). The highest BCUT2D eigenvalue weighted by atomic mass is 32.2. The number of benzene rings is 1. The molecule has 0 saturated carbocycles. The smallest absolute Gasteiger partial charge is 0.243 e. The Labute approximate surface area is 150 Å². The molecule has 2 heterocycles. The number of piperidine rings is 1. The third-order valence-corrected chi connectivity index (χ3v) is 7.19. The van der Waals surface area contributed by atoms with Crippen molar-refractivity contribution in [3.63, 3.8) is 0 Å². The molecule has 7 heteroatoms. The van der Waals surface area contributed by atoms with E-state index >= 15 is 0 Å². The summed E-state index contributed by atoms with van der Waals surface area (Å²) >= 11 is 0. The van der Waals surface area contributed by atoms with Crippen molar-refractivity contribution >= 4 is 15.9 Å². The van der Waals surface area contributed by atoms with Crippen LogP contribution in [0.1, 0.15) is 31.7 Å². The number of carbonyl (C=O) groups excluding carboxylic acids is 1. The highest BCUT2D eigenvalue weighted by Gasteiger charge is 2.28. The second kappa shape index (κ2) is 7.85. The van der Waals surface area contributed by atoms with E-state index in [0.29, 0.717) is 30.4 Å². The molecule has 3 rings (SSSR count). The molecule has 1 unspecified atom stereocenters. The van der Waals surface area contributed by atoms with Gasteiger partial charge in [0.2, 0.25) is 15.9 Å². The first kappa shape index (κ1) is 18.4. The molecule has 1 aromatic carbocycles. The molecule has 2 aliphatic rings. The van der Waals surface area contributed by atoms with Gasteiger partial charge in [-0.2, -0.15) is 4.31 Å².